The van der Waals surface area contributed by atoms with Crippen molar-refractivity contribution < 1.29 is 9.13 Å². The summed E-state index contributed by atoms with van der Waals surface area (Å²) in [6, 6.07) is 11.0. The second-order valence-electron chi connectivity index (χ2n) is 4.90. The molecule has 0 aliphatic rings. The molecule has 0 fully saturated rings. The quantitative estimate of drug-likeness (QED) is 0.784. The molecule has 0 radical (unpaired) electrons. The number of ether oxygens (including phenoxy) is 1. The van der Waals surface area contributed by atoms with Crippen molar-refractivity contribution >= 4 is 11.6 Å². The topological polar surface area (TPSA) is 47.0 Å². The Morgan fingerprint density at radius 3 is 2.61 bits per heavy atom. The largest absolute Gasteiger partial charge is 0.492 e. The van der Waals surface area contributed by atoms with Gasteiger partial charge in [-0.25, -0.2) is 9.18 Å². The lowest BCUT2D eigenvalue weighted by Crippen LogP contribution is -2.13. The van der Waals surface area contributed by atoms with Crippen molar-refractivity contribution in [1.29, 1.82) is 0 Å². The van der Waals surface area contributed by atoms with Gasteiger partial charge in [-0.05, 0) is 49.4 Å². The second kappa shape index (κ2) is 6.30. The summed E-state index contributed by atoms with van der Waals surface area (Å²) < 4.78 is 19.8. The maximum Gasteiger partial charge on any atom is 0.330 e. The molecule has 3 aromatic rings. The Morgan fingerprint density at radius 1 is 1.22 bits per heavy atom. The van der Waals surface area contributed by atoms with E-state index in [0.717, 1.165) is 5.56 Å². The van der Waals surface area contributed by atoms with Crippen molar-refractivity contribution in [2.24, 2.45) is 0 Å². The third-order valence-electron chi connectivity index (χ3n) is 3.37. The third-order valence-corrected chi connectivity index (χ3v) is 3.66. The fourth-order valence-electron chi connectivity index (χ4n) is 2.28. The Morgan fingerprint density at radius 2 is 1.96 bits per heavy atom. The summed E-state index contributed by atoms with van der Waals surface area (Å²) in [7, 11) is 0. The number of halogens is 2. The minimum absolute atomic E-state index is 0.309. The molecule has 0 atom stereocenters. The van der Waals surface area contributed by atoms with Gasteiger partial charge in [0.15, 0.2) is 0 Å². The number of H-pyrrole nitrogens is 1. The highest BCUT2D eigenvalue weighted by Gasteiger charge is 2.09. The molecule has 118 valence electrons. The Labute approximate surface area is 137 Å². The predicted octanol–water partition coefficient (Wildman–Crippen LogP) is 4.02. The summed E-state index contributed by atoms with van der Waals surface area (Å²) in [5.41, 5.74) is 1.65. The number of nitrogens with zero attached hydrogens (tertiary/aromatic N) is 1. The van der Waals surface area contributed by atoms with Crippen molar-refractivity contribution in [2.45, 2.75) is 6.92 Å². The number of hydrogen-bond acceptors (Lipinski definition) is 2. The van der Waals surface area contributed by atoms with Crippen LogP contribution in [-0.2, 0) is 0 Å². The van der Waals surface area contributed by atoms with Crippen molar-refractivity contribution in [3.8, 4) is 22.7 Å². The molecule has 0 spiro atoms. The van der Waals surface area contributed by atoms with Gasteiger partial charge in [-0.15, -0.1) is 0 Å². The molecule has 0 bridgehead atoms. The van der Waals surface area contributed by atoms with E-state index in [9.17, 15) is 9.18 Å². The summed E-state index contributed by atoms with van der Waals surface area (Å²) >= 11 is 6.17. The number of aromatic amines is 1. The van der Waals surface area contributed by atoms with Crippen molar-refractivity contribution in [3.05, 3.63) is 70.0 Å². The van der Waals surface area contributed by atoms with Crippen LogP contribution in [0.25, 0.3) is 16.9 Å². The average molecular weight is 333 g/mol. The van der Waals surface area contributed by atoms with E-state index in [-0.39, 0.29) is 11.5 Å². The van der Waals surface area contributed by atoms with E-state index in [4.69, 9.17) is 16.3 Å². The third kappa shape index (κ3) is 3.14. The van der Waals surface area contributed by atoms with Gasteiger partial charge in [-0.3, -0.25) is 4.57 Å². The number of aromatic nitrogens is 2. The Kier molecular flexibility index (Phi) is 4.21. The number of imidazole rings is 1. The fraction of sp³-hybridized carbons (Fsp3) is 0.118. The maximum absolute atomic E-state index is 13.0. The number of benzene rings is 2. The normalized spacial score (nSPS) is 10.7. The van der Waals surface area contributed by atoms with Crippen LogP contribution in [0.15, 0.2) is 53.5 Å². The highest BCUT2D eigenvalue weighted by atomic mass is 35.5. The van der Waals surface area contributed by atoms with E-state index in [1.165, 1.54) is 16.7 Å². The molecule has 0 unspecified atom stereocenters. The molecule has 0 saturated carbocycles. The summed E-state index contributed by atoms with van der Waals surface area (Å²) in [6.45, 7) is 2.40. The van der Waals surface area contributed by atoms with E-state index >= 15 is 0 Å². The molecule has 23 heavy (non-hydrogen) atoms. The monoisotopic (exact) mass is 332 g/mol. The van der Waals surface area contributed by atoms with Crippen LogP contribution < -0.4 is 10.4 Å². The number of hydrogen-bond donors (Lipinski definition) is 1. The molecule has 0 amide bonds. The lowest BCUT2D eigenvalue weighted by molar-refractivity contribution is 0.340. The van der Waals surface area contributed by atoms with Crippen LogP contribution in [0.5, 0.6) is 5.75 Å². The molecule has 4 nitrogen and oxygen atoms in total. The van der Waals surface area contributed by atoms with Gasteiger partial charge in [0.2, 0.25) is 0 Å². The molecular formula is C17H14ClFN2O2. The molecule has 1 N–H and O–H groups in total. The fourth-order valence-corrected chi connectivity index (χ4v) is 2.51. The van der Waals surface area contributed by atoms with E-state index in [2.05, 4.69) is 4.98 Å². The lowest BCUT2D eigenvalue weighted by Gasteiger charge is -2.06. The van der Waals surface area contributed by atoms with E-state index < -0.39 is 0 Å². The zero-order chi connectivity index (χ0) is 16.4. The summed E-state index contributed by atoms with van der Waals surface area (Å²) in [5, 5.41) is 0.472. The van der Waals surface area contributed by atoms with Gasteiger partial charge in [0, 0.05) is 11.8 Å². The SMILES string of the molecule is CCOc1ccc(-c2cn(-c3ccc(F)cc3)c(=O)[nH]2)cc1Cl. The van der Waals surface area contributed by atoms with E-state index in [1.807, 2.05) is 13.0 Å². The molecule has 6 heteroatoms. The van der Waals surface area contributed by atoms with Crippen LogP contribution in [0.1, 0.15) is 6.92 Å². The zero-order valence-corrected chi connectivity index (χ0v) is 13.1. The Bertz CT molecular complexity index is 884. The van der Waals surface area contributed by atoms with Crippen molar-refractivity contribution in [2.75, 3.05) is 6.61 Å². The van der Waals surface area contributed by atoms with Gasteiger partial charge in [0.1, 0.15) is 11.6 Å². The Balaban J connectivity index is 1.99. The maximum atomic E-state index is 13.0. The molecule has 0 saturated heterocycles. The molecule has 1 aromatic heterocycles. The van der Waals surface area contributed by atoms with Gasteiger partial charge in [-0.1, -0.05) is 11.6 Å². The second-order valence-corrected chi connectivity index (χ2v) is 5.30. The van der Waals surface area contributed by atoms with Gasteiger partial charge in [0.25, 0.3) is 0 Å². The summed E-state index contributed by atoms with van der Waals surface area (Å²) in [4.78, 5) is 14.9. The van der Waals surface area contributed by atoms with E-state index in [1.54, 1.807) is 30.5 Å². The highest BCUT2D eigenvalue weighted by molar-refractivity contribution is 6.32. The van der Waals surface area contributed by atoms with Crippen LogP contribution in [0, 0.1) is 5.82 Å². The minimum Gasteiger partial charge on any atom is -0.492 e. The summed E-state index contributed by atoms with van der Waals surface area (Å²) in [6.07, 6.45) is 1.65. The first-order chi connectivity index (χ1) is 11.1. The van der Waals surface area contributed by atoms with Crippen LogP contribution in [-0.4, -0.2) is 16.2 Å². The standard InChI is InChI=1S/C17H14ClFN2O2/c1-2-23-16-8-3-11(9-14(16)18)15-10-21(17(22)20-15)13-6-4-12(19)5-7-13/h3-10H,2H2,1H3,(H,20,22). The van der Waals surface area contributed by atoms with Crippen LogP contribution >= 0.6 is 11.6 Å². The number of nitrogens with one attached hydrogen (secondary N) is 1. The first-order valence-electron chi connectivity index (χ1n) is 7.09. The van der Waals surface area contributed by atoms with Gasteiger partial charge in [0.05, 0.1) is 23.0 Å². The molecule has 0 aliphatic heterocycles. The molecular weight excluding hydrogens is 319 g/mol. The van der Waals surface area contributed by atoms with E-state index in [0.29, 0.717) is 28.8 Å². The molecule has 0 aliphatic carbocycles. The van der Waals surface area contributed by atoms with Crippen LogP contribution in [0.4, 0.5) is 4.39 Å². The number of rotatable bonds is 4. The predicted molar refractivity (Wildman–Crippen MR) is 88.0 cm³/mol. The molecule has 3 rings (SSSR count). The molecule has 1 heterocycles. The highest BCUT2D eigenvalue weighted by Crippen LogP contribution is 2.29. The first kappa shape index (κ1) is 15.4. The van der Waals surface area contributed by atoms with Crippen LogP contribution in [0.2, 0.25) is 5.02 Å². The zero-order valence-electron chi connectivity index (χ0n) is 12.3. The lowest BCUT2D eigenvalue weighted by atomic mass is 10.1. The molecule has 2 aromatic carbocycles. The first-order valence-corrected chi connectivity index (χ1v) is 7.46. The van der Waals surface area contributed by atoms with Gasteiger partial charge < -0.3 is 9.72 Å². The smallest absolute Gasteiger partial charge is 0.330 e. The average Bonchev–Trinajstić information content (AvgIpc) is 2.92. The summed E-state index contributed by atoms with van der Waals surface area (Å²) in [5.74, 6) is 0.245. The van der Waals surface area contributed by atoms with Crippen molar-refractivity contribution in [1.82, 2.24) is 9.55 Å². The van der Waals surface area contributed by atoms with Gasteiger partial charge >= 0.3 is 5.69 Å². The van der Waals surface area contributed by atoms with Crippen molar-refractivity contribution in [3.63, 3.8) is 0 Å². The van der Waals surface area contributed by atoms with Crippen LogP contribution in [0.3, 0.4) is 0 Å². The van der Waals surface area contributed by atoms with Gasteiger partial charge in [-0.2, -0.15) is 0 Å². The minimum atomic E-state index is -0.351. The Hall–Kier alpha value is -2.53.